The van der Waals surface area contributed by atoms with Crippen LogP contribution in [0.4, 0.5) is 5.69 Å². The van der Waals surface area contributed by atoms with Gasteiger partial charge in [-0.05, 0) is 41.3 Å². The third-order valence-corrected chi connectivity index (χ3v) is 3.27. The van der Waals surface area contributed by atoms with Gasteiger partial charge in [0.2, 0.25) is 0 Å². The Bertz CT molecular complexity index is 566. The minimum absolute atomic E-state index is 1.10. The first-order valence-corrected chi connectivity index (χ1v) is 6.62. The first kappa shape index (κ1) is 12.5. The molecule has 2 aromatic rings. The van der Waals surface area contributed by atoms with E-state index in [1.54, 1.807) is 11.3 Å². The van der Waals surface area contributed by atoms with E-state index in [4.69, 9.17) is 0 Å². The molecule has 0 saturated carbocycles. The molecule has 1 heterocycles. The Morgan fingerprint density at radius 2 is 1.89 bits per heavy atom. The largest absolute Gasteiger partial charge is 0.378 e. The van der Waals surface area contributed by atoms with Gasteiger partial charge >= 0.3 is 0 Å². The molecule has 0 spiro atoms. The monoisotopic (exact) mass is 253 g/mol. The van der Waals surface area contributed by atoms with Gasteiger partial charge in [-0.3, -0.25) is 0 Å². The molecule has 0 aliphatic heterocycles. The van der Waals surface area contributed by atoms with Crippen LogP contribution in [0.1, 0.15) is 10.4 Å². The molecule has 0 fully saturated rings. The van der Waals surface area contributed by atoms with Crippen molar-refractivity contribution < 1.29 is 0 Å². The van der Waals surface area contributed by atoms with Gasteiger partial charge in [0.25, 0.3) is 0 Å². The summed E-state index contributed by atoms with van der Waals surface area (Å²) in [6.07, 6.45) is 3.92. The summed E-state index contributed by atoms with van der Waals surface area (Å²) < 4.78 is 0. The van der Waals surface area contributed by atoms with E-state index in [2.05, 4.69) is 41.0 Å². The van der Waals surface area contributed by atoms with Gasteiger partial charge in [-0.25, -0.2) is 0 Å². The molecule has 0 saturated heterocycles. The van der Waals surface area contributed by atoms with E-state index in [-0.39, 0.29) is 0 Å². The van der Waals surface area contributed by atoms with E-state index < -0.39 is 0 Å². The van der Waals surface area contributed by atoms with Crippen molar-refractivity contribution in [2.45, 2.75) is 0 Å². The molecule has 90 valence electrons. The summed E-state index contributed by atoms with van der Waals surface area (Å²) in [7, 11) is 4.08. The fourth-order valence-electron chi connectivity index (χ4n) is 1.48. The molecule has 1 aromatic heterocycles. The molecule has 0 aliphatic rings. The minimum atomic E-state index is 1.10. The van der Waals surface area contributed by atoms with Crippen molar-refractivity contribution in [3.05, 3.63) is 58.3 Å². The Kier molecular flexibility index (Phi) is 4.22. The maximum absolute atomic E-state index is 3.10. The normalized spacial score (nSPS) is 10.1. The zero-order chi connectivity index (χ0) is 12.8. The summed E-state index contributed by atoms with van der Waals surface area (Å²) in [4.78, 5) is 3.19. The highest BCUT2D eigenvalue weighted by molar-refractivity contribution is 7.10. The highest BCUT2D eigenvalue weighted by Crippen LogP contribution is 2.13. The van der Waals surface area contributed by atoms with Gasteiger partial charge in [0.15, 0.2) is 0 Å². The van der Waals surface area contributed by atoms with E-state index >= 15 is 0 Å². The molecule has 0 bridgehead atoms. The zero-order valence-electron chi connectivity index (χ0n) is 10.6. The standard InChI is InChI=1S/C16H15NS/c1-17(2)15-11-9-14(10-12-15)6-3-4-7-16-8-5-13-18-16/h3,5-6,8-13H,1-2H3. The lowest BCUT2D eigenvalue weighted by Crippen LogP contribution is -2.07. The highest BCUT2D eigenvalue weighted by Gasteiger charge is 1.92. The summed E-state index contributed by atoms with van der Waals surface area (Å²) in [5, 5.41) is 2.04. The topological polar surface area (TPSA) is 3.24 Å². The zero-order valence-corrected chi connectivity index (χ0v) is 11.4. The molecule has 2 rings (SSSR count). The van der Waals surface area contributed by atoms with Gasteiger partial charge in [-0.15, -0.1) is 11.3 Å². The second-order valence-corrected chi connectivity index (χ2v) is 5.01. The van der Waals surface area contributed by atoms with Crippen LogP contribution in [0.5, 0.6) is 0 Å². The maximum Gasteiger partial charge on any atom is 0.0771 e. The molecule has 0 amide bonds. The molecule has 1 nitrogen and oxygen atoms in total. The molecule has 18 heavy (non-hydrogen) atoms. The lowest BCUT2D eigenvalue weighted by Gasteiger charge is -2.11. The quantitative estimate of drug-likeness (QED) is 0.734. The maximum atomic E-state index is 3.10. The van der Waals surface area contributed by atoms with Crippen molar-refractivity contribution in [3.8, 4) is 11.8 Å². The van der Waals surface area contributed by atoms with Crippen LogP contribution in [-0.2, 0) is 0 Å². The van der Waals surface area contributed by atoms with Crippen LogP contribution in [0.15, 0.2) is 47.9 Å². The summed E-state index contributed by atoms with van der Waals surface area (Å²) >= 11 is 1.66. The van der Waals surface area contributed by atoms with Crippen LogP contribution in [0.25, 0.3) is 6.08 Å². The molecule has 0 N–H and O–H groups in total. The SMILES string of the molecule is CN(C)c1ccc(C=CC#Cc2cccs2)cc1. The lowest BCUT2D eigenvalue weighted by atomic mass is 10.2. The predicted molar refractivity (Wildman–Crippen MR) is 81.0 cm³/mol. The number of hydrogen-bond donors (Lipinski definition) is 0. The Balaban J connectivity index is 2.01. The third kappa shape index (κ3) is 3.51. The van der Waals surface area contributed by atoms with E-state index in [0.29, 0.717) is 0 Å². The number of hydrogen-bond acceptors (Lipinski definition) is 2. The third-order valence-electron chi connectivity index (χ3n) is 2.49. The van der Waals surface area contributed by atoms with Crippen molar-refractivity contribution in [2.24, 2.45) is 0 Å². The fraction of sp³-hybridized carbons (Fsp3) is 0.125. The van der Waals surface area contributed by atoms with Crippen LogP contribution in [0.3, 0.4) is 0 Å². The number of benzene rings is 1. The van der Waals surface area contributed by atoms with Crippen molar-refractivity contribution in [1.29, 1.82) is 0 Å². The first-order chi connectivity index (χ1) is 8.75. The number of allylic oxidation sites excluding steroid dienone is 1. The average Bonchev–Trinajstić information content (AvgIpc) is 2.88. The molecular formula is C16H15NS. The van der Waals surface area contributed by atoms with E-state index in [1.165, 1.54) is 11.3 Å². The van der Waals surface area contributed by atoms with Gasteiger partial charge in [0.05, 0.1) is 4.88 Å². The summed E-state index contributed by atoms with van der Waals surface area (Å²) in [5.41, 5.74) is 2.37. The molecule has 0 unspecified atom stereocenters. The Labute approximate surface area is 112 Å². The molecule has 0 atom stereocenters. The summed E-state index contributed by atoms with van der Waals surface area (Å²) in [5.74, 6) is 6.14. The van der Waals surface area contributed by atoms with Gasteiger partial charge in [-0.2, -0.15) is 0 Å². The summed E-state index contributed by atoms with van der Waals surface area (Å²) in [6, 6.07) is 12.4. The van der Waals surface area contributed by atoms with Crippen LogP contribution < -0.4 is 4.90 Å². The molecular weight excluding hydrogens is 238 g/mol. The van der Waals surface area contributed by atoms with Gasteiger partial charge < -0.3 is 4.90 Å². The number of nitrogens with zero attached hydrogens (tertiary/aromatic N) is 1. The van der Waals surface area contributed by atoms with Crippen molar-refractivity contribution in [3.63, 3.8) is 0 Å². The Hall–Kier alpha value is -1.98. The second-order valence-electron chi connectivity index (χ2n) is 4.07. The van der Waals surface area contributed by atoms with Crippen molar-refractivity contribution >= 4 is 23.1 Å². The van der Waals surface area contributed by atoms with Gasteiger partial charge in [0.1, 0.15) is 0 Å². The molecule has 1 aromatic carbocycles. The van der Waals surface area contributed by atoms with E-state index in [0.717, 1.165) is 4.88 Å². The number of anilines is 1. The Morgan fingerprint density at radius 1 is 1.11 bits per heavy atom. The van der Waals surface area contributed by atoms with Gasteiger partial charge in [0, 0.05) is 19.8 Å². The summed E-state index contributed by atoms with van der Waals surface area (Å²) in [6.45, 7) is 0. The first-order valence-electron chi connectivity index (χ1n) is 5.75. The number of rotatable bonds is 2. The number of thiophene rings is 1. The average molecular weight is 253 g/mol. The minimum Gasteiger partial charge on any atom is -0.378 e. The molecule has 2 heteroatoms. The smallest absolute Gasteiger partial charge is 0.0771 e. The van der Waals surface area contributed by atoms with Crippen LogP contribution in [0.2, 0.25) is 0 Å². The Morgan fingerprint density at radius 3 is 2.50 bits per heavy atom. The van der Waals surface area contributed by atoms with Crippen LogP contribution in [-0.4, -0.2) is 14.1 Å². The molecule has 0 radical (unpaired) electrons. The van der Waals surface area contributed by atoms with Crippen LogP contribution in [0, 0.1) is 11.8 Å². The predicted octanol–water partition coefficient (Wildman–Crippen LogP) is 3.88. The van der Waals surface area contributed by atoms with Crippen molar-refractivity contribution in [1.82, 2.24) is 0 Å². The second kappa shape index (κ2) is 6.09. The van der Waals surface area contributed by atoms with E-state index in [1.807, 2.05) is 43.8 Å². The highest BCUT2D eigenvalue weighted by atomic mass is 32.1. The van der Waals surface area contributed by atoms with E-state index in [9.17, 15) is 0 Å². The lowest BCUT2D eigenvalue weighted by molar-refractivity contribution is 1.13. The fourth-order valence-corrected chi connectivity index (χ4v) is 2.06. The van der Waals surface area contributed by atoms with Crippen molar-refractivity contribution in [2.75, 3.05) is 19.0 Å². The molecule has 0 aliphatic carbocycles. The van der Waals surface area contributed by atoms with Gasteiger partial charge in [-0.1, -0.05) is 30.0 Å². The van der Waals surface area contributed by atoms with Crippen LogP contribution >= 0.6 is 11.3 Å².